The molecule has 2 amide bonds. The number of para-hydroxylation sites is 2. The molecule has 3 rings (SSSR count). The number of rotatable bonds is 5. The third-order valence-electron chi connectivity index (χ3n) is 4.23. The number of nitrogens with zero attached hydrogens (tertiary/aromatic N) is 1. The Kier molecular flexibility index (Phi) is 5.80. The number of carbonyl (C=O) groups is 2. The molecule has 0 fully saturated rings. The Bertz CT molecular complexity index is 807. The van der Waals surface area contributed by atoms with Crippen LogP contribution in [0, 0.1) is 0 Å². The molecule has 0 radical (unpaired) electrons. The SMILES string of the molecule is CCCN(C)c1ccc(C(=O)NNC(=O)[C@H]2COc3ccccc3O2)cc1. The zero-order valence-corrected chi connectivity index (χ0v) is 15.4. The smallest absolute Gasteiger partial charge is 0.283 e. The van der Waals surface area contributed by atoms with E-state index in [2.05, 4.69) is 22.7 Å². The average molecular weight is 369 g/mol. The molecule has 2 N–H and O–H groups in total. The van der Waals surface area contributed by atoms with Crippen molar-refractivity contribution in [1.82, 2.24) is 10.9 Å². The number of hydrogen-bond donors (Lipinski definition) is 2. The summed E-state index contributed by atoms with van der Waals surface area (Å²) in [4.78, 5) is 26.6. The number of amides is 2. The number of fused-ring (bicyclic) bond motifs is 1. The van der Waals surface area contributed by atoms with Gasteiger partial charge >= 0.3 is 0 Å². The van der Waals surface area contributed by atoms with Crippen LogP contribution >= 0.6 is 0 Å². The van der Waals surface area contributed by atoms with Gasteiger partial charge in [-0.3, -0.25) is 20.4 Å². The van der Waals surface area contributed by atoms with E-state index < -0.39 is 17.9 Å². The van der Waals surface area contributed by atoms with Gasteiger partial charge < -0.3 is 14.4 Å². The number of benzene rings is 2. The minimum absolute atomic E-state index is 0.0805. The fourth-order valence-electron chi connectivity index (χ4n) is 2.75. The number of hydrogen-bond acceptors (Lipinski definition) is 5. The van der Waals surface area contributed by atoms with E-state index in [9.17, 15) is 9.59 Å². The molecule has 0 unspecified atom stereocenters. The predicted molar refractivity (Wildman–Crippen MR) is 102 cm³/mol. The van der Waals surface area contributed by atoms with Gasteiger partial charge in [-0.2, -0.15) is 0 Å². The highest BCUT2D eigenvalue weighted by molar-refractivity contribution is 5.96. The van der Waals surface area contributed by atoms with Crippen LogP contribution in [0.25, 0.3) is 0 Å². The van der Waals surface area contributed by atoms with Crippen LogP contribution in [-0.2, 0) is 4.79 Å². The number of carbonyl (C=O) groups excluding carboxylic acids is 2. The first-order valence-electron chi connectivity index (χ1n) is 8.88. The van der Waals surface area contributed by atoms with Gasteiger partial charge in [0.25, 0.3) is 11.8 Å². The van der Waals surface area contributed by atoms with E-state index >= 15 is 0 Å². The number of nitrogens with one attached hydrogen (secondary N) is 2. The summed E-state index contributed by atoms with van der Waals surface area (Å²) >= 11 is 0. The third-order valence-corrected chi connectivity index (χ3v) is 4.23. The molecule has 142 valence electrons. The second kappa shape index (κ2) is 8.44. The summed E-state index contributed by atoms with van der Waals surface area (Å²) in [5, 5.41) is 0. The molecule has 0 spiro atoms. The van der Waals surface area contributed by atoms with Crippen molar-refractivity contribution in [3.8, 4) is 11.5 Å². The maximum absolute atomic E-state index is 12.2. The van der Waals surface area contributed by atoms with Gasteiger partial charge in [-0.1, -0.05) is 19.1 Å². The first-order valence-corrected chi connectivity index (χ1v) is 8.88. The van der Waals surface area contributed by atoms with E-state index in [4.69, 9.17) is 9.47 Å². The number of ether oxygens (including phenoxy) is 2. The molecule has 0 saturated carbocycles. The molecule has 1 heterocycles. The average Bonchev–Trinajstić information content (AvgIpc) is 2.71. The largest absolute Gasteiger partial charge is 0.485 e. The monoisotopic (exact) mass is 369 g/mol. The summed E-state index contributed by atoms with van der Waals surface area (Å²) in [6.45, 7) is 3.13. The topological polar surface area (TPSA) is 79.9 Å². The second-order valence-electron chi connectivity index (χ2n) is 6.28. The number of hydrazine groups is 1. The van der Waals surface area contributed by atoms with Crippen molar-refractivity contribution >= 4 is 17.5 Å². The van der Waals surface area contributed by atoms with Crippen molar-refractivity contribution in [2.24, 2.45) is 0 Å². The van der Waals surface area contributed by atoms with E-state index in [1.165, 1.54) is 0 Å². The van der Waals surface area contributed by atoms with Gasteiger partial charge in [0.05, 0.1) is 0 Å². The molecule has 0 saturated heterocycles. The summed E-state index contributed by atoms with van der Waals surface area (Å²) in [5.74, 6) is 0.225. The lowest BCUT2D eigenvalue weighted by Gasteiger charge is -2.25. The minimum Gasteiger partial charge on any atom is -0.485 e. The van der Waals surface area contributed by atoms with Crippen LogP contribution in [-0.4, -0.2) is 38.1 Å². The Morgan fingerprint density at radius 3 is 2.48 bits per heavy atom. The van der Waals surface area contributed by atoms with Crippen molar-refractivity contribution in [2.75, 3.05) is 25.1 Å². The van der Waals surface area contributed by atoms with Crippen LogP contribution < -0.4 is 25.2 Å². The van der Waals surface area contributed by atoms with Crippen molar-refractivity contribution in [1.29, 1.82) is 0 Å². The normalized spacial score (nSPS) is 15.0. The molecule has 27 heavy (non-hydrogen) atoms. The Labute approximate surface area is 158 Å². The third kappa shape index (κ3) is 4.49. The van der Waals surface area contributed by atoms with Gasteiger partial charge in [-0.05, 0) is 42.8 Å². The molecule has 1 aliphatic heterocycles. The maximum atomic E-state index is 12.2. The molecule has 7 heteroatoms. The zero-order valence-electron chi connectivity index (χ0n) is 15.4. The molecular weight excluding hydrogens is 346 g/mol. The fraction of sp³-hybridized carbons (Fsp3) is 0.300. The quantitative estimate of drug-likeness (QED) is 0.790. The highest BCUT2D eigenvalue weighted by Crippen LogP contribution is 2.30. The lowest BCUT2D eigenvalue weighted by atomic mass is 10.2. The van der Waals surface area contributed by atoms with Gasteiger partial charge in [0.2, 0.25) is 6.10 Å². The summed E-state index contributed by atoms with van der Waals surface area (Å²) in [6, 6.07) is 14.3. The molecule has 7 nitrogen and oxygen atoms in total. The fourth-order valence-corrected chi connectivity index (χ4v) is 2.75. The van der Waals surface area contributed by atoms with E-state index in [-0.39, 0.29) is 6.61 Å². The summed E-state index contributed by atoms with van der Waals surface area (Å²) in [5.41, 5.74) is 6.28. The molecule has 1 atom stereocenters. The van der Waals surface area contributed by atoms with Crippen LogP contribution in [0.5, 0.6) is 11.5 Å². The lowest BCUT2D eigenvalue weighted by Crippen LogP contribution is -2.50. The standard InChI is InChI=1S/C20H23N3O4/c1-3-12-23(2)15-10-8-14(9-11-15)19(24)21-22-20(25)18-13-26-16-6-4-5-7-17(16)27-18/h4-11,18H,3,12-13H2,1-2H3,(H,21,24)(H,22,25)/t18-/m1/s1. The Hall–Kier alpha value is -3.22. The second-order valence-corrected chi connectivity index (χ2v) is 6.28. The van der Waals surface area contributed by atoms with E-state index in [1.54, 1.807) is 30.3 Å². The Morgan fingerprint density at radius 2 is 1.78 bits per heavy atom. The van der Waals surface area contributed by atoms with Crippen LogP contribution in [0.1, 0.15) is 23.7 Å². The van der Waals surface area contributed by atoms with Crippen LogP contribution in [0.4, 0.5) is 5.69 Å². The molecule has 1 aliphatic rings. The van der Waals surface area contributed by atoms with Crippen molar-refractivity contribution < 1.29 is 19.1 Å². The van der Waals surface area contributed by atoms with Crippen molar-refractivity contribution in [2.45, 2.75) is 19.4 Å². The lowest BCUT2D eigenvalue weighted by molar-refractivity contribution is -0.131. The summed E-state index contributed by atoms with van der Waals surface area (Å²) < 4.78 is 11.1. The summed E-state index contributed by atoms with van der Waals surface area (Å²) in [6.07, 6.45) is 0.215. The van der Waals surface area contributed by atoms with Gasteiger partial charge in [0, 0.05) is 24.8 Å². The Morgan fingerprint density at radius 1 is 1.07 bits per heavy atom. The van der Waals surface area contributed by atoms with Crippen molar-refractivity contribution in [3.63, 3.8) is 0 Å². The molecule has 2 aromatic carbocycles. The van der Waals surface area contributed by atoms with Crippen LogP contribution in [0.15, 0.2) is 48.5 Å². The summed E-state index contributed by atoms with van der Waals surface area (Å²) in [7, 11) is 2.00. The molecule has 0 bridgehead atoms. The highest BCUT2D eigenvalue weighted by Gasteiger charge is 2.27. The zero-order chi connectivity index (χ0) is 19.2. The highest BCUT2D eigenvalue weighted by atomic mass is 16.6. The first-order chi connectivity index (χ1) is 13.1. The Balaban J connectivity index is 1.52. The maximum Gasteiger partial charge on any atom is 0.283 e. The van der Waals surface area contributed by atoms with E-state index in [0.29, 0.717) is 17.1 Å². The predicted octanol–water partition coefficient (Wildman–Crippen LogP) is 2.13. The van der Waals surface area contributed by atoms with Gasteiger partial charge in [-0.15, -0.1) is 0 Å². The van der Waals surface area contributed by atoms with E-state index in [0.717, 1.165) is 18.7 Å². The molecule has 0 aromatic heterocycles. The van der Waals surface area contributed by atoms with E-state index in [1.807, 2.05) is 25.2 Å². The first kappa shape index (κ1) is 18.6. The number of anilines is 1. The molecule has 0 aliphatic carbocycles. The van der Waals surface area contributed by atoms with Gasteiger partial charge in [0.15, 0.2) is 11.5 Å². The minimum atomic E-state index is -0.828. The molecule has 2 aromatic rings. The van der Waals surface area contributed by atoms with Crippen LogP contribution in [0.2, 0.25) is 0 Å². The van der Waals surface area contributed by atoms with Crippen LogP contribution in [0.3, 0.4) is 0 Å². The van der Waals surface area contributed by atoms with Gasteiger partial charge in [0.1, 0.15) is 6.61 Å². The van der Waals surface area contributed by atoms with Crippen molar-refractivity contribution in [3.05, 3.63) is 54.1 Å². The molecular formula is C20H23N3O4. The van der Waals surface area contributed by atoms with Gasteiger partial charge in [-0.25, -0.2) is 0 Å².